The molecule has 1 heterocycles. The van der Waals surface area contributed by atoms with E-state index < -0.39 is 4.92 Å². The number of nitrogens with zero attached hydrogens (tertiary/aromatic N) is 4. The van der Waals surface area contributed by atoms with Crippen LogP contribution in [-0.2, 0) is 6.61 Å². The highest BCUT2D eigenvalue weighted by molar-refractivity contribution is 5.73. The molecule has 7 heteroatoms. The fourth-order valence-electron chi connectivity index (χ4n) is 1.79. The fourth-order valence-corrected chi connectivity index (χ4v) is 1.79. The molecule has 0 atom stereocenters. The Hall–Kier alpha value is -2.96. The molecule has 0 saturated carbocycles. The lowest BCUT2D eigenvalue weighted by molar-refractivity contribution is -0.384. The van der Waals surface area contributed by atoms with Crippen molar-refractivity contribution >= 4 is 16.7 Å². The van der Waals surface area contributed by atoms with Gasteiger partial charge in [-0.15, -0.1) is 5.10 Å². The van der Waals surface area contributed by atoms with Gasteiger partial charge in [-0.3, -0.25) is 10.1 Å². The van der Waals surface area contributed by atoms with Crippen LogP contribution in [0, 0.1) is 10.1 Å². The minimum absolute atomic E-state index is 0.0555. The van der Waals surface area contributed by atoms with E-state index in [1.807, 2.05) is 24.3 Å². The standard InChI is InChI=1S/C13H10N4O3/c18-17(19)11-7-5-10(6-8-11)9-20-16-13-4-2-1-3-12(13)14-15-16/h1-8H,9H2. The van der Waals surface area contributed by atoms with E-state index in [4.69, 9.17) is 4.84 Å². The molecule has 0 aliphatic rings. The molecule has 1 aromatic heterocycles. The number of nitro benzene ring substituents is 1. The molecule has 0 radical (unpaired) electrons. The minimum Gasteiger partial charge on any atom is -0.390 e. The van der Waals surface area contributed by atoms with Crippen molar-refractivity contribution in [1.82, 2.24) is 15.2 Å². The Morgan fingerprint density at radius 2 is 1.90 bits per heavy atom. The molecule has 0 fully saturated rings. The molecule has 0 bridgehead atoms. The molecule has 0 N–H and O–H groups in total. The lowest BCUT2D eigenvalue weighted by Crippen LogP contribution is -2.12. The van der Waals surface area contributed by atoms with Crippen LogP contribution in [-0.4, -0.2) is 20.1 Å². The number of hydrogen-bond acceptors (Lipinski definition) is 5. The second-order valence-electron chi connectivity index (χ2n) is 4.15. The third-order valence-electron chi connectivity index (χ3n) is 2.82. The first kappa shape index (κ1) is 12.1. The maximum absolute atomic E-state index is 10.6. The fraction of sp³-hybridized carbons (Fsp3) is 0.0769. The summed E-state index contributed by atoms with van der Waals surface area (Å²) < 4.78 is 0. The van der Waals surface area contributed by atoms with Crippen molar-refractivity contribution in [2.45, 2.75) is 6.61 Å². The lowest BCUT2D eigenvalue weighted by atomic mass is 10.2. The number of nitro groups is 1. The number of benzene rings is 2. The number of non-ortho nitro benzene ring substituents is 1. The third-order valence-corrected chi connectivity index (χ3v) is 2.82. The van der Waals surface area contributed by atoms with Gasteiger partial charge in [-0.1, -0.05) is 17.0 Å². The minimum atomic E-state index is -0.435. The van der Waals surface area contributed by atoms with Crippen molar-refractivity contribution in [2.24, 2.45) is 0 Å². The van der Waals surface area contributed by atoms with Crippen LogP contribution < -0.4 is 4.84 Å². The van der Waals surface area contributed by atoms with E-state index >= 15 is 0 Å². The Balaban J connectivity index is 1.74. The van der Waals surface area contributed by atoms with Gasteiger partial charge >= 0.3 is 0 Å². The molecule has 0 unspecified atom stereocenters. The molecule has 3 rings (SSSR count). The predicted molar refractivity (Wildman–Crippen MR) is 70.9 cm³/mol. The Kier molecular flexibility index (Phi) is 3.00. The van der Waals surface area contributed by atoms with E-state index in [-0.39, 0.29) is 12.3 Å². The molecule has 0 amide bonds. The predicted octanol–water partition coefficient (Wildman–Crippen LogP) is 1.97. The third kappa shape index (κ3) is 2.28. The summed E-state index contributed by atoms with van der Waals surface area (Å²) in [5.41, 5.74) is 2.39. The van der Waals surface area contributed by atoms with Crippen LogP contribution in [0.15, 0.2) is 48.5 Å². The number of aromatic nitrogens is 3. The second kappa shape index (κ2) is 4.96. The van der Waals surface area contributed by atoms with Gasteiger partial charge in [-0.2, -0.15) is 0 Å². The molecular formula is C13H10N4O3. The van der Waals surface area contributed by atoms with Crippen LogP contribution >= 0.6 is 0 Å². The average molecular weight is 270 g/mol. The van der Waals surface area contributed by atoms with Crippen molar-refractivity contribution in [3.8, 4) is 0 Å². The van der Waals surface area contributed by atoms with Crippen LogP contribution in [0.2, 0.25) is 0 Å². The van der Waals surface area contributed by atoms with E-state index in [1.165, 1.54) is 17.0 Å². The van der Waals surface area contributed by atoms with Gasteiger partial charge in [0.05, 0.1) is 4.92 Å². The molecule has 7 nitrogen and oxygen atoms in total. The van der Waals surface area contributed by atoms with Gasteiger partial charge in [0.25, 0.3) is 5.69 Å². The molecule has 20 heavy (non-hydrogen) atoms. The first-order chi connectivity index (χ1) is 9.74. The zero-order chi connectivity index (χ0) is 13.9. The van der Waals surface area contributed by atoms with Crippen LogP contribution in [0.1, 0.15) is 5.56 Å². The Morgan fingerprint density at radius 1 is 1.15 bits per heavy atom. The summed E-state index contributed by atoms with van der Waals surface area (Å²) in [6, 6.07) is 13.6. The summed E-state index contributed by atoms with van der Waals surface area (Å²) in [7, 11) is 0. The van der Waals surface area contributed by atoms with Gasteiger partial charge in [0, 0.05) is 12.1 Å². The largest absolute Gasteiger partial charge is 0.390 e. The van der Waals surface area contributed by atoms with Gasteiger partial charge in [0.1, 0.15) is 17.6 Å². The van der Waals surface area contributed by atoms with Crippen molar-refractivity contribution in [1.29, 1.82) is 0 Å². The zero-order valence-corrected chi connectivity index (χ0v) is 10.3. The summed E-state index contributed by atoms with van der Waals surface area (Å²) in [5.74, 6) is 0. The first-order valence-electron chi connectivity index (χ1n) is 5.91. The number of hydrogen-bond donors (Lipinski definition) is 0. The monoisotopic (exact) mass is 270 g/mol. The van der Waals surface area contributed by atoms with Crippen LogP contribution in [0.25, 0.3) is 11.0 Å². The van der Waals surface area contributed by atoms with E-state index in [2.05, 4.69) is 10.3 Å². The number of fused-ring (bicyclic) bond motifs is 1. The van der Waals surface area contributed by atoms with Crippen LogP contribution in [0.3, 0.4) is 0 Å². The molecule has 100 valence electrons. The normalized spacial score (nSPS) is 10.6. The van der Waals surface area contributed by atoms with E-state index in [1.54, 1.807) is 12.1 Å². The number of rotatable bonds is 4. The molecule has 0 aliphatic heterocycles. The quantitative estimate of drug-likeness (QED) is 0.534. The van der Waals surface area contributed by atoms with Crippen LogP contribution in [0.4, 0.5) is 5.69 Å². The van der Waals surface area contributed by atoms with E-state index in [9.17, 15) is 10.1 Å². The summed E-state index contributed by atoms with van der Waals surface area (Å²) >= 11 is 0. The van der Waals surface area contributed by atoms with Crippen molar-refractivity contribution < 1.29 is 9.76 Å². The smallest absolute Gasteiger partial charge is 0.269 e. The zero-order valence-electron chi connectivity index (χ0n) is 10.3. The van der Waals surface area contributed by atoms with Crippen molar-refractivity contribution in [3.05, 3.63) is 64.2 Å². The topological polar surface area (TPSA) is 83.1 Å². The molecular weight excluding hydrogens is 260 g/mol. The molecule has 0 spiro atoms. The van der Waals surface area contributed by atoms with Gasteiger partial charge in [-0.25, -0.2) is 0 Å². The van der Waals surface area contributed by atoms with Gasteiger partial charge in [0.2, 0.25) is 0 Å². The highest BCUT2D eigenvalue weighted by atomic mass is 16.7. The lowest BCUT2D eigenvalue weighted by Gasteiger charge is -2.05. The van der Waals surface area contributed by atoms with Crippen molar-refractivity contribution in [2.75, 3.05) is 0 Å². The summed E-state index contributed by atoms with van der Waals surface area (Å²) in [6.07, 6.45) is 0. The summed E-state index contributed by atoms with van der Waals surface area (Å²) in [6.45, 7) is 0.255. The highest BCUT2D eigenvalue weighted by Gasteiger charge is 2.06. The molecule has 0 aliphatic carbocycles. The summed E-state index contributed by atoms with van der Waals surface area (Å²) in [4.78, 5) is 17.0. The molecule has 3 aromatic rings. The average Bonchev–Trinajstić information content (AvgIpc) is 2.89. The Bertz CT molecular complexity index is 752. The molecule has 0 saturated heterocycles. The maximum atomic E-state index is 10.6. The summed E-state index contributed by atoms with van der Waals surface area (Å²) in [5, 5.41) is 18.4. The Morgan fingerprint density at radius 3 is 2.65 bits per heavy atom. The van der Waals surface area contributed by atoms with Gasteiger partial charge < -0.3 is 4.84 Å². The van der Waals surface area contributed by atoms with Gasteiger partial charge in [0.15, 0.2) is 0 Å². The highest BCUT2D eigenvalue weighted by Crippen LogP contribution is 2.13. The second-order valence-corrected chi connectivity index (χ2v) is 4.15. The van der Waals surface area contributed by atoms with Crippen molar-refractivity contribution in [3.63, 3.8) is 0 Å². The molecule has 2 aromatic carbocycles. The van der Waals surface area contributed by atoms with E-state index in [0.29, 0.717) is 0 Å². The maximum Gasteiger partial charge on any atom is 0.269 e. The van der Waals surface area contributed by atoms with Gasteiger partial charge in [-0.05, 0) is 35.0 Å². The van der Waals surface area contributed by atoms with Crippen LogP contribution in [0.5, 0.6) is 0 Å². The van der Waals surface area contributed by atoms with E-state index in [0.717, 1.165) is 16.6 Å². The first-order valence-corrected chi connectivity index (χ1v) is 5.91. The number of para-hydroxylation sites is 1. The SMILES string of the molecule is O=[N+]([O-])c1ccc(COn2nnc3ccccc32)cc1. The Labute approximate surface area is 113 Å².